The van der Waals surface area contributed by atoms with Gasteiger partial charge in [0.15, 0.2) is 0 Å². The maximum atomic E-state index is 11.4. The van der Waals surface area contributed by atoms with Crippen molar-refractivity contribution in [3.8, 4) is 0 Å². The van der Waals surface area contributed by atoms with Crippen molar-refractivity contribution in [2.45, 2.75) is 52.7 Å². The maximum Gasteiger partial charge on any atom is 0.407 e. The SMILES string of the molecule is CCc1cnc(C(C)NCCNC(=O)OC(C)(C)C)s1. The van der Waals surface area contributed by atoms with E-state index < -0.39 is 5.60 Å². The number of amides is 1. The zero-order valence-corrected chi connectivity index (χ0v) is 13.8. The fraction of sp³-hybridized carbons (Fsp3) is 0.714. The molecule has 114 valence electrons. The van der Waals surface area contributed by atoms with Gasteiger partial charge in [0.05, 0.1) is 6.04 Å². The molecule has 6 heteroatoms. The van der Waals surface area contributed by atoms with Crippen LogP contribution in [-0.2, 0) is 11.2 Å². The lowest BCUT2D eigenvalue weighted by molar-refractivity contribution is 0.0528. The van der Waals surface area contributed by atoms with Gasteiger partial charge in [-0.05, 0) is 34.1 Å². The van der Waals surface area contributed by atoms with Crippen molar-refractivity contribution < 1.29 is 9.53 Å². The normalized spacial score (nSPS) is 13.1. The molecule has 0 aliphatic heterocycles. The van der Waals surface area contributed by atoms with Crippen LogP contribution in [0.5, 0.6) is 0 Å². The van der Waals surface area contributed by atoms with E-state index in [-0.39, 0.29) is 12.1 Å². The van der Waals surface area contributed by atoms with Gasteiger partial charge in [-0.25, -0.2) is 9.78 Å². The van der Waals surface area contributed by atoms with Crippen molar-refractivity contribution in [1.82, 2.24) is 15.6 Å². The van der Waals surface area contributed by atoms with E-state index in [4.69, 9.17) is 4.74 Å². The summed E-state index contributed by atoms with van der Waals surface area (Å²) in [6.07, 6.45) is 2.57. The van der Waals surface area contributed by atoms with Crippen LogP contribution < -0.4 is 10.6 Å². The fourth-order valence-corrected chi connectivity index (χ4v) is 2.42. The molecule has 5 nitrogen and oxygen atoms in total. The van der Waals surface area contributed by atoms with Crippen LogP contribution >= 0.6 is 11.3 Å². The lowest BCUT2D eigenvalue weighted by atomic mass is 10.2. The van der Waals surface area contributed by atoms with Gasteiger partial charge in [0.2, 0.25) is 0 Å². The summed E-state index contributed by atoms with van der Waals surface area (Å²) in [5.74, 6) is 0. The number of nitrogens with zero attached hydrogens (tertiary/aromatic N) is 1. The first kappa shape index (κ1) is 16.9. The largest absolute Gasteiger partial charge is 0.444 e. The highest BCUT2D eigenvalue weighted by Crippen LogP contribution is 2.19. The first-order chi connectivity index (χ1) is 9.31. The zero-order valence-electron chi connectivity index (χ0n) is 12.9. The molecule has 1 atom stereocenters. The van der Waals surface area contributed by atoms with Crippen molar-refractivity contribution in [1.29, 1.82) is 0 Å². The number of rotatable bonds is 6. The molecule has 0 saturated carbocycles. The number of aryl methyl sites for hydroxylation is 1. The van der Waals surface area contributed by atoms with Crippen LogP contribution in [0.2, 0.25) is 0 Å². The number of hydrogen-bond acceptors (Lipinski definition) is 5. The Hall–Kier alpha value is -1.14. The van der Waals surface area contributed by atoms with Crippen molar-refractivity contribution >= 4 is 17.4 Å². The van der Waals surface area contributed by atoms with Gasteiger partial charge in [-0.2, -0.15) is 0 Å². The molecule has 2 N–H and O–H groups in total. The van der Waals surface area contributed by atoms with Crippen molar-refractivity contribution in [3.05, 3.63) is 16.1 Å². The number of hydrogen-bond donors (Lipinski definition) is 2. The van der Waals surface area contributed by atoms with E-state index in [1.807, 2.05) is 27.0 Å². The highest BCUT2D eigenvalue weighted by Gasteiger charge is 2.15. The molecule has 0 radical (unpaired) electrons. The third kappa shape index (κ3) is 6.34. The van der Waals surface area contributed by atoms with Gasteiger partial charge in [0.1, 0.15) is 10.6 Å². The highest BCUT2D eigenvalue weighted by molar-refractivity contribution is 7.11. The third-order valence-corrected chi connectivity index (χ3v) is 3.86. The molecule has 0 aliphatic carbocycles. The first-order valence-electron chi connectivity index (χ1n) is 6.96. The van der Waals surface area contributed by atoms with Crippen LogP contribution in [0.25, 0.3) is 0 Å². The quantitative estimate of drug-likeness (QED) is 0.793. The molecule has 1 rings (SSSR count). The van der Waals surface area contributed by atoms with Crippen LogP contribution in [0, 0.1) is 0 Å². The molecule has 1 aromatic rings. The third-order valence-electron chi connectivity index (χ3n) is 2.53. The lowest BCUT2D eigenvalue weighted by Crippen LogP contribution is -2.36. The minimum Gasteiger partial charge on any atom is -0.444 e. The predicted octanol–water partition coefficient (Wildman–Crippen LogP) is 2.88. The van der Waals surface area contributed by atoms with Gasteiger partial charge in [-0.15, -0.1) is 11.3 Å². The van der Waals surface area contributed by atoms with Crippen molar-refractivity contribution in [2.24, 2.45) is 0 Å². The van der Waals surface area contributed by atoms with E-state index in [2.05, 4.69) is 29.5 Å². The average Bonchev–Trinajstić information content (AvgIpc) is 2.81. The smallest absolute Gasteiger partial charge is 0.407 e. The second-order valence-electron chi connectivity index (χ2n) is 5.62. The maximum absolute atomic E-state index is 11.4. The topological polar surface area (TPSA) is 63.2 Å². The first-order valence-corrected chi connectivity index (χ1v) is 7.78. The summed E-state index contributed by atoms with van der Waals surface area (Å²) in [6, 6.07) is 0.195. The Labute approximate surface area is 125 Å². The van der Waals surface area contributed by atoms with Crippen LogP contribution in [0.1, 0.15) is 50.5 Å². The van der Waals surface area contributed by atoms with Gasteiger partial charge in [-0.1, -0.05) is 6.92 Å². The van der Waals surface area contributed by atoms with Gasteiger partial charge in [0.25, 0.3) is 0 Å². The second kappa shape index (κ2) is 7.59. The lowest BCUT2D eigenvalue weighted by Gasteiger charge is -2.20. The Morgan fingerprint density at radius 3 is 2.70 bits per heavy atom. The zero-order chi connectivity index (χ0) is 15.2. The van der Waals surface area contributed by atoms with E-state index in [0.717, 1.165) is 11.4 Å². The fourth-order valence-electron chi connectivity index (χ4n) is 1.54. The number of ether oxygens (including phenoxy) is 1. The summed E-state index contributed by atoms with van der Waals surface area (Å²) in [7, 11) is 0. The molecule has 1 amide bonds. The molecule has 0 bridgehead atoms. The number of nitrogens with one attached hydrogen (secondary N) is 2. The van der Waals surface area contributed by atoms with E-state index in [9.17, 15) is 4.79 Å². The van der Waals surface area contributed by atoms with Crippen LogP contribution in [0.4, 0.5) is 4.79 Å². The van der Waals surface area contributed by atoms with Crippen LogP contribution in [0.15, 0.2) is 6.20 Å². The second-order valence-corrected chi connectivity index (χ2v) is 6.77. The summed E-state index contributed by atoms with van der Waals surface area (Å²) in [5, 5.41) is 7.14. The van der Waals surface area contributed by atoms with Crippen LogP contribution in [-0.4, -0.2) is 29.8 Å². The molecule has 0 aromatic carbocycles. The molecule has 1 aromatic heterocycles. The molecule has 0 spiro atoms. The molecule has 20 heavy (non-hydrogen) atoms. The minimum absolute atomic E-state index is 0.195. The number of alkyl carbamates (subject to hydrolysis) is 1. The number of thiazole rings is 1. The Morgan fingerprint density at radius 2 is 2.15 bits per heavy atom. The molecule has 0 saturated heterocycles. The molecule has 0 aliphatic rings. The Morgan fingerprint density at radius 1 is 1.45 bits per heavy atom. The summed E-state index contributed by atoms with van der Waals surface area (Å²) in [5.41, 5.74) is -0.456. The summed E-state index contributed by atoms with van der Waals surface area (Å²) in [6.45, 7) is 11.0. The van der Waals surface area contributed by atoms with Gasteiger partial charge < -0.3 is 15.4 Å². The molecule has 1 heterocycles. The standard InChI is InChI=1S/C14H25N3O2S/c1-6-11-9-17-12(20-11)10(2)15-7-8-16-13(18)19-14(3,4)5/h9-10,15H,6-8H2,1-5H3,(H,16,18). The van der Waals surface area contributed by atoms with Crippen LogP contribution in [0.3, 0.4) is 0 Å². The average molecular weight is 299 g/mol. The Kier molecular flexibility index (Phi) is 6.42. The molecule has 1 unspecified atom stereocenters. The van der Waals surface area contributed by atoms with Gasteiger partial charge in [-0.3, -0.25) is 0 Å². The Balaban J connectivity index is 2.22. The predicted molar refractivity (Wildman–Crippen MR) is 82.1 cm³/mol. The van der Waals surface area contributed by atoms with Crippen molar-refractivity contribution in [3.63, 3.8) is 0 Å². The van der Waals surface area contributed by atoms with E-state index >= 15 is 0 Å². The summed E-state index contributed by atoms with van der Waals surface area (Å²) < 4.78 is 5.16. The molecular weight excluding hydrogens is 274 g/mol. The Bertz CT molecular complexity index is 426. The summed E-state index contributed by atoms with van der Waals surface area (Å²) >= 11 is 1.73. The van der Waals surface area contributed by atoms with Gasteiger partial charge in [0, 0.05) is 24.2 Å². The van der Waals surface area contributed by atoms with E-state index in [1.54, 1.807) is 11.3 Å². The number of aromatic nitrogens is 1. The van der Waals surface area contributed by atoms with Gasteiger partial charge >= 0.3 is 6.09 Å². The monoisotopic (exact) mass is 299 g/mol. The molecule has 0 fully saturated rings. The minimum atomic E-state index is -0.456. The van der Waals surface area contributed by atoms with Crippen molar-refractivity contribution in [2.75, 3.05) is 13.1 Å². The van der Waals surface area contributed by atoms with E-state index in [1.165, 1.54) is 4.88 Å². The summed E-state index contributed by atoms with van der Waals surface area (Å²) in [4.78, 5) is 17.1. The number of carbonyl (C=O) groups is 1. The number of carbonyl (C=O) groups excluding carboxylic acids is 1. The van der Waals surface area contributed by atoms with E-state index in [0.29, 0.717) is 13.1 Å². The molecular formula is C14H25N3O2S. The highest BCUT2D eigenvalue weighted by atomic mass is 32.1.